The van der Waals surface area contributed by atoms with E-state index in [2.05, 4.69) is 66.8 Å². The minimum Gasteiger partial charge on any atom is -0.392 e. The average molecular weight is 623 g/mol. The summed E-state index contributed by atoms with van der Waals surface area (Å²) in [6, 6.07) is 28.2. The van der Waals surface area contributed by atoms with Gasteiger partial charge in [0.2, 0.25) is 5.95 Å². The van der Waals surface area contributed by atoms with Crippen LogP contribution >= 0.6 is 0 Å². The number of aromatic nitrogens is 2. The van der Waals surface area contributed by atoms with E-state index in [9.17, 15) is 9.90 Å². The van der Waals surface area contributed by atoms with Gasteiger partial charge in [0.05, 0.1) is 18.8 Å². The summed E-state index contributed by atoms with van der Waals surface area (Å²) in [5.74, 6) is 0.705. The number of nitrogens with zero attached hydrogens (tertiary/aromatic N) is 4. The number of carbonyl (C=O) groups excluding carboxylic acids is 1. The Kier molecular flexibility index (Phi) is 10.5. The number of anilines is 1. The fraction of sp³-hybridized carbons (Fsp3) is 0.361. The molecule has 240 valence electrons. The third-order valence-electron chi connectivity index (χ3n) is 8.66. The van der Waals surface area contributed by atoms with Crippen LogP contribution in [0.5, 0.6) is 0 Å². The van der Waals surface area contributed by atoms with Gasteiger partial charge in [-0.2, -0.15) is 0 Å². The zero-order valence-electron chi connectivity index (χ0n) is 26.2. The molecule has 0 spiro atoms. The maximum atomic E-state index is 11.9. The molecule has 2 aliphatic rings. The van der Waals surface area contributed by atoms with Gasteiger partial charge in [-0.1, -0.05) is 78.9 Å². The first-order valence-electron chi connectivity index (χ1n) is 16.0. The molecule has 2 saturated heterocycles. The van der Waals surface area contributed by atoms with Crippen LogP contribution in [0.1, 0.15) is 53.1 Å². The Hall–Kier alpha value is -4.35. The molecule has 2 amide bonds. The second-order valence-electron chi connectivity index (χ2n) is 11.7. The molecule has 1 unspecified atom stereocenters. The van der Waals surface area contributed by atoms with Gasteiger partial charge in [0.1, 0.15) is 0 Å². The number of aliphatic hydroxyl groups excluding tert-OH is 1. The molecule has 0 saturated carbocycles. The normalized spacial score (nSPS) is 21.9. The third-order valence-corrected chi connectivity index (χ3v) is 8.66. The molecule has 0 bridgehead atoms. The number of urea groups is 1. The van der Waals surface area contributed by atoms with E-state index in [0.29, 0.717) is 13.1 Å². The number of hydrogen-bond acceptors (Lipinski definition) is 8. The molecule has 46 heavy (non-hydrogen) atoms. The zero-order valence-corrected chi connectivity index (χ0v) is 26.2. The van der Waals surface area contributed by atoms with Crippen LogP contribution in [-0.4, -0.2) is 71.4 Å². The first kappa shape index (κ1) is 31.6. The molecule has 6 rings (SSSR count). The lowest BCUT2D eigenvalue weighted by atomic mass is 9.83. The first-order valence-corrected chi connectivity index (χ1v) is 16.0. The van der Waals surface area contributed by atoms with Gasteiger partial charge >= 0.3 is 6.03 Å². The summed E-state index contributed by atoms with van der Waals surface area (Å²) in [5, 5.41) is 15.3. The number of benzene rings is 3. The lowest BCUT2D eigenvalue weighted by Gasteiger charge is -2.45. The average Bonchev–Trinajstić information content (AvgIpc) is 3.12. The maximum absolute atomic E-state index is 11.9. The van der Waals surface area contributed by atoms with Gasteiger partial charge in [-0.05, 0) is 35.2 Å². The van der Waals surface area contributed by atoms with Crippen molar-refractivity contribution in [1.29, 1.82) is 0 Å². The Labute approximate surface area is 270 Å². The van der Waals surface area contributed by atoms with Crippen molar-refractivity contribution in [3.63, 3.8) is 0 Å². The van der Waals surface area contributed by atoms with Crippen molar-refractivity contribution in [3.8, 4) is 0 Å². The molecule has 3 aromatic carbocycles. The molecule has 1 aromatic heterocycles. The third kappa shape index (κ3) is 7.71. The van der Waals surface area contributed by atoms with Crippen LogP contribution in [-0.2, 0) is 22.6 Å². The summed E-state index contributed by atoms with van der Waals surface area (Å²) in [5.41, 5.74) is 4.96. The summed E-state index contributed by atoms with van der Waals surface area (Å²) >= 11 is 0. The quantitative estimate of drug-likeness (QED) is 0.236. The van der Waals surface area contributed by atoms with Gasteiger partial charge < -0.3 is 30.1 Å². The van der Waals surface area contributed by atoms with Crippen LogP contribution < -0.4 is 15.5 Å². The smallest absolute Gasteiger partial charge is 0.315 e. The van der Waals surface area contributed by atoms with Crippen molar-refractivity contribution in [2.75, 3.05) is 44.2 Å². The standard InChI is InChI=1S/C36H42N6O4/c1-2-37-36(44)40-23-26-9-15-30(16-10-26)34-45-31(24-41-19-21-42(22-20-41)35-38-17-6-18-39-35)32(28-7-4-3-5-8-28)33(46-34)29-13-11-27(25-43)12-14-29/h3-18,31-34,43H,2,19-25H2,1H3,(H2,37,40,44)/t31-,32-,33+,34?/m1/s1. The highest BCUT2D eigenvalue weighted by atomic mass is 16.7. The molecular weight excluding hydrogens is 580 g/mol. The van der Waals surface area contributed by atoms with E-state index in [1.165, 1.54) is 0 Å². The molecule has 10 nitrogen and oxygen atoms in total. The summed E-state index contributed by atoms with van der Waals surface area (Å²) in [4.78, 5) is 25.5. The minimum absolute atomic E-state index is 0.0103. The molecule has 3 N–H and O–H groups in total. The van der Waals surface area contributed by atoms with Crippen molar-refractivity contribution < 1.29 is 19.4 Å². The van der Waals surface area contributed by atoms with Crippen LogP contribution in [0.2, 0.25) is 0 Å². The Morgan fingerprint density at radius 1 is 0.804 bits per heavy atom. The lowest BCUT2D eigenvalue weighted by molar-refractivity contribution is -0.263. The number of aliphatic hydroxyl groups is 1. The lowest BCUT2D eigenvalue weighted by Crippen LogP contribution is -2.51. The predicted octanol–water partition coefficient (Wildman–Crippen LogP) is 4.55. The fourth-order valence-electron chi connectivity index (χ4n) is 6.20. The monoisotopic (exact) mass is 622 g/mol. The maximum Gasteiger partial charge on any atom is 0.315 e. The van der Waals surface area contributed by atoms with Gasteiger partial charge in [-0.25, -0.2) is 14.8 Å². The van der Waals surface area contributed by atoms with Crippen molar-refractivity contribution in [2.45, 2.75) is 44.5 Å². The summed E-state index contributed by atoms with van der Waals surface area (Å²) in [7, 11) is 0. The van der Waals surface area contributed by atoms with E-state index >= 15 is 0 Å². The second kappa shape index (κ2) is 15.3. The number of rotatable bonds is 10. The van der Waals surface area contributed by atoms with Crippen LogP contribution in [0, 0.1) is 0 Å². The number of ether oxygens (including phenoxy) is 2. The molecule has 0 radical (unpaired) electrons. The molecule has 4 atom stereocenters. The Bertz CT molecular complexity index is 1520. The number of hydrogen-bond donors (Lipinski definition) is 3. The number of nitrogens with one attached hydrogen (secondary N) is 2. The second-order valence-corrected chi connectivity index (χ2v) is 11.7. The number of carbonyl (C=O) groups is 1. The van der Waals surface area contributed by atoms with Crippen molar-refractivity contribution >= 4 is 12.0 Å². The van der Waals surface area contributed by atoms with E-state index in [0.717, 1.165) is 66.5 Å². The molecular formula is C36H42N6O4. The Morgan fingerprint density at radius 3 is 2.15 bits per heavy atom. The van der Waals surface area contributed by atoms with Crippen molar-refractivity contribution in [1.82, 2.24) is 25.5 Å². The van der Waals surface area contributed by atoms with Crippen LogP contribution in [0.25, 0.3) is 0 Å². The van der Waals surface area contributed by atoms with E-state index < -0.39 is 6.29 Å². The molecule has 4 aromatic rings. The van der Waals surface area contributed by atoms with Crippen LogP contribution in [0.4, 0.5) is 10.7 Å². The molecule has 10 heteroatoms. The molecule has 0 aliphatic carbocycles. The van der Waals surface area contributed by atoms with Gasteiger partial charge in [-0.3, -0.25) is 4.90 Å². The van der Waals surface area contributed by atoms with E-state index in [4.69, 9.17) is 9.47 Å². The largest absolute Gasteiger partial charge is 0.392 e. The zero-order chi connectivity index (χ0) is 31.7. The van der Waals surface area contributed by atoms with Crippen molar-refractivity contribution in [3.05, 3.63) is 125 Å². The topological polar surface area (TPSA) is 112 Å². The number of amides is 2. The van der Waals surface area contributed by atoms with Crippen LogP contribution in [0.3, 0.4) is 0 Å². The van der Waals surface area contributed by atoms with Gasteiger partial charge in [0.15, 0.2) is 6.29 Å². The molecule has 2 aliphatic heterocycles. The molecule has 2 fully saturated rings. The van der Waals surface area contributed by atoms with E-state index in [-0.39, 0.29) is 30.8 Å². The summed E-state index contributed by atoms with van der Waals surface area (Å²) < 4.78 is 13.8. The van der Waals surface area contributed by atoms with Gasteiger partial charge in [0.25, 0.3) is 0 Å². The Balaban J connectivity index is 1.26. The highest BCUT2D eigenvalue weighted by Crippen LogP contribution is 2.47. The Morgan fingerprint density at radius 2 is 1.48 bits per heavy atom. The predicted molar refractivity (Wildman–Crippen MR) is 176 cm³/mol. The first-order chi connectivity index (χ1) is 22.6. The van der Waals surface area contributed by atoms with Crippen molar-refractivity contribution in [2.24, 2.45) is 0 Å². The number of piperazine rings is 1. The van der Waals surface area contributed by atoms with Gasteiger partial charge in [0, 0.05) is 69.7 Å². The fourth-order valence-corrected chi connectivity index (χ4v) is 6.20. The van der Waals surface area contributed by atoms with E-state index in [1.807, 2.05) is 55.5 Å². The highest BCUT2D eigenvalue weighted by Gasteiger charge is 2.42. The summed E-state index contributed by atoms with van der Waals surface area (Å²) in [6.45, 7) is 7.04. The summed E-state index contributed by atoms with van der Waals surface area (Å²) in [6.07, 6.45) is 2.54. The molecule has 3 heterocycles. The SMILES string of the molecule is CCNC(=O)NCc1ccc(C2O[C@H](CN3CCN(c4ncccn4)CC3)[C@@H](c3ccccc3)[C@H](c3ccc(CO)cc3)O2)cc1. The highest BCUT2D eigenvalue weighted by molar-refractivity contribution is 5.73. The van der Waals surface area contributed by atoms with Crippen LogP contribution in [0.15, 0.2) is 97.3 Å². The minimum atomic E-state index is -0.586. The van der Waals surface area contributed by atoms with Gasteiger partial charge in [-0.15, -0.1) is 0 Å². The van der Waals surface area contributed by atoms with E-state index in [1.54, 1.807) is 12.4 Å².